The summed E-state index contributed by atoms with van der Waals surface area (Å²) in [6.07, 6.45) is 7.22. The van der Waals surface area contributed by atoms with Gasteiger partial charge in [0.2, 0.25) is 0 Å². The van der Waals surface area contributed by atoms with E-state index in [1.165, 1.54) is 4.88 Å². The van der Waals surface area contributed by atoms with Gasteiger partial charge in [-0.05, 0) is 23.6 Å². The summed E-state index contributed by atoms with van der Waals surface area (Å²) in [7, 11) is 1.98. The summed E-state index contributed by atoms with van der Waals surface area (Å²) in [5, 5.41) is 9.65. The molecular weight excluding hydrogens is 312 g/mol. The molecule has 2 aromatic heterocycles. The summed E-state index contributed by atoms with van der Waals surface area (Å²) in [6, 6.07) is 10.2. The lowest BCUT2D eigenvalue weighted by molar-refractivity contribution is 0.154. The van der Waals surface area contributed by atoms with Crippen molar-refractivity contribution in [2.24, 2.45) is 5.10 Å². The number of amidine groups is 1. The normalized spacial score (nSPS) is 17.5. The summed E-state index contributed by atoms with van der Waals surface area (Å²) >= 11 is 3.34. The molecular formula is C16H16N4S2. The second kappa shape index (κ2) is 6.86. The molecule has 1 aliphatic rings. The monoisotopic (exact) mass is 328 g/mol. The van der Waals surface area contributed by atoms with Crippen LogP contribution in [0.2, 0.25) is 0 Å². The predicted octanol–water partition coefficient (Wildman–Crippen LogP) is 3.23. The van der Waals surface area contributed by atoms with Crippen LogP contribution in [0.1, 0.15) is 16.7 Å². The predicted molar refractivity (Wildman–Crippen MR) is 93.3 cm³/mol. The van der Waals surface area contributed by atoms with Crippen molar-refractivity contribution in [1.82, 2.24) is 14.9 Å². The Morgan fingerprint density at radius 2 is 2.27 bits per heavy atom. The molecule has 0 spiro atoms. The van der Waals surface area contributed by atoms with Crippen LogP contribution in [0.15, 0.2) is 47.0 Å². The zero-order valence-electron chi connectivity index (χ0n) is 12.2. The number of aromatic nitrogens is 1. The minimum atomic E-state index is 0.00331. The molecule has 22 heavy (non-hydrogen) atoms. The van der Waals surface area contributed by atoms with Gasteiger partial charge in [0, 0.05) is 18.1 Å². The molecule has 0 bridgehead atoms. The van der Waals surface area contributed by atoms with Crippen molar-refractivity contribution in [2.75, 3.05) is 12.8 Å². The van der Waals surface area contributed by atoms with Crippen molar-refractivity contribution in [3.63, 3.8) is 0 Å². The molecule has 6 heteroatoms. The van der Waals surface area contributed by atoms with E-state index in [1.807, 2.05) is 36.5 Å². The minimum Gasteiger partial charge on any atom is -0.318 e. The molecule has 112 valence electrons. The minimum absolute atomic E-state index is 0.00331. The molecule has 0 N–H and O–H groups in total. The van der Waals surface area contributed by atoms with E-state index in [-0.39, 0.29) is 6.17 Å². The molecule has 2 aromatic rings. The third kappa shape index (κ3) is 3.11. The fourth-order valence-electron chi connectivity index (χ4n) is 2.38. The molecule has 3 heterocycles. The van der Waals surface area contributed by atoms with Crippen LogP contribution < -0.4 is 0 Å². The van der Waals surface area contributed by atoms with Gasteiger partial charge in [0.15, 0.2) is 11.3 Å². The number of thioether (sulfide) groups is 1. The number of hydrogen-bond donors (Lipinski definition) is 0. The van der Waals surface area contributed by atoms with Crippen molar-refractivity contribution >= 4 is 28.3 Å². The summed E-state index contributed by atoms with van der Waals surface area (Å²) < 4.78 is 0. The van der Waals surface area contributed by atoms with Gasteiger partial charge in [-0.25, -0.2) is 0 Å². The van der Waals surface area contributed by atoms with Crippen LogP contribution in [0, 0.1) is 12.3 Å². The van der Waals surface area contributed by atoms with Crippen LogP contribution >= 0.6 is 23.1 Å². The van der Waals surface area contributed by atoms with Crippen molar-refractivity contribution in [1.29, 1.82) is 0 Å². The molecule has 1 atom stereocenters. The van der Waals surface area contributed by atoms with Gasteiger partial charge in [0.05, 0.1) is 18.0 Å². The second-order valence-corrected chi connectivity index (χ2v) is 6.76. The van der Waals surface area contributed by atoms with Gasteiger partial charge < -0.3 is 4.90 Å². The topological polar surface area (TPSA) is 31.7 Å². The Balaban J connectivity index is 1.89. The van der Waals surface area contributed by atoms with Crippen molar-refractivity contribution in [3.8, 4) is 12.3 Å². The first-order valence-electron chi connectivity index (χ1n) is 6.87. The maximum atomic E-state index is 5.40. The Morgan fingerprint density at radius 1 is 1.36 bits per heavy atom. The highest BCUT2D eigenvalue weighted by Gasteiger charge is 2.34. The fraction of sp³-hybridized carbons (Fsp3) is 0.250. The molecule has 0 aliphatic carbocycles. The highest BCUT2D eigenvalue weighted by Crippen LogP contribution is 2.34. The number of rotatable bonds is 4. The summed E-state index contributed by atoms with van der Waals surface area (Å²) in [4.78, 5) is 8.06. The lowest BCUT2D eigenvalue weighted by atomic mass is 10.2. The molecule has 0 radical (unpaired) electrons. The average Bonchev–Trinajstić information content (AvgIpc) is 3.15. The summed E-state index contributed by atoms with van der Waals surface area (Å²) in [5.41, 5.74) is 0.988. The van der Waals surface area contributed by atoms with Crippen LogP contribution in [0.4, 0.5) is 0 Å². The molecule has 0 aromatic carbocycles. The number of terminal acetylenes is 1. The van der Waals surface area contributed by atoms with E-state index in [0.717, 1.165) is 17.4 Å². The van der Waals surface area contributed by atoms with E-state index in [0.29, 0.717) is 5.75 Å². The number of hydrogen-bond acceptors (Lipinski definition) is 6. The zero-order chi connectivity index (χ0) is 15.4. The molecule has 1 aliphatic heterocycles. The smallest absolute Gasteiger partial charge is 0.186 e. The van der Waals surface area contributed by atoms with Gasteiger partial charge in [-0.3, -0.25) is 9.99 Å². The highest BCUT2D eigenvalue weighted by atomic mass is 32.2. The van der Waals surface area contributed by atoms with Crippen molar-refractivity contribution < 1.29 is 0 Å². The lowest BCUT2D eigenvalue weighted by Crippen LogP contribution is -2.33. The van der Waals surface area contributed by atoms with Crippen LogP contribution in [0.25, 0.3) is 0 Å². The fourth-order valence-corrected chi connectivity index (χ4v) is 3.81. The van der Waals surface area contributed by atoms with E-state index >= 15 is 0 Å². The van der Waals surface area contributed by atoms with E-state index in [4.69, 9.17) is 6.42 Å². The van der Waals surface area contributed by atoms with Crippen molar-refractivity contribution in [3.05, 3.63) is 52.5 Å². The Labute approximate surface area is 138 Å². The van der Waals surface area contributed by atoms with E-state index < -0.39 is 0 Å². The quantitative estimate of drug-likeness (QED) is 0.807. The van der Waals surface area contributed by atoms with Gasteiger partial charge >= 0.3 is 0 Å². The number of hydrazone groups is 1. The maximum Gasteiger partial charge on any atom is 0.186 e. The van der Waals surface area contributed by atoms with Crippen LogP contribution in [0.3, 0.4) is 0 Å². The molecule has 4 nitrogen and oxygen atoms in total. The standard InChI is InChI=1S/C16H16N4S2/c1-3-10-22-16-18-19(2)15(14-8-4-5-9-17-14)20(16)12-13-7-6-11-21-13/h1,4-9,11,15H,10,12H2,2H3. The molecule has 3 rings (SSSR count). The van der Waals surface area contributed by atoms with Crippen LogP contribution in [0.5, 0.6) is 0 Å². The molecule has 0 fully saturated rings. The first-order valence-corrected chi connectivity index (χ1v) is 8.74. The van der Waals surface area contributed by atoms with Crippen LogP contribution in [-0.2, 0) is 6.54 Å². The van der Waals surface area contributed by atoms with Gasteiger partial charge in [-0.15, -0.1) is 17.8 Å². The number of thiophene rings is 1. The highest BCUT2D eigenvalue weighted by molar-refractivity contribution is 8.13. The third-order valence-corrected chi connectivity index (χ3v) is 5.03. The second-order valence-electron chi connectivity index (χ2n) is 4.78. The van der Waals surface area contributed by atoms with Crippen molar-refractivity contribution in [2.45, 2.75) is 12.7 Å². The van der Waals surface area contributed by atoms with Crippen LogP contribution in [-0.4, -0.2) is 32.9 Å². The molecule has 0 saturated carbocycles. The first kappa shape index (κ1) is 14.9. The Hall–Kier alpha value is -1.97. The molecule has 1 unspecified atom stereocenters. The molecule has 0 saturated heterocycles. The summed E-state index contributed by atoms with van der Waals surface area (Å²) in [5.74, 6) is 3.28. The SMILES string of the molecule is C#CCSC1=NN(C)C(c2ccccn2)N1Cc1cccs1. The third-order valence-electron chi connectivity index (χ3n) is 3.28. The lowest BCUT2D eigenvalue weighted by Gasteiger charge is -2.29. The summed E-state index contributed by atoms with van der Waals surface area (Å²) in [6.45, 7) is 0.805. The van der Waals surface area contributed by atoms with Gasteiger partial charge in [-0.2, -0.15) is 5.10 Å². The Bertz CT molecular complexity index is 676. The first-order chi connectivity index (χ1) is 10.8. The Morgan fingerprint density at radius 3 is 2.95 bits per heavy atom. The largest absolute Gasteiger partial charge is 0.318 e. The van der Waals surface area contributed by atoms with Gasteiger partial charge in [0.1, 0.15) is 0 Å². The molecule has 0 amide bonds. The number of pyridine rings is 1. The zero-order valence-corrected chi connectivity index (χ0v) is 13.8. The Kier molecular flexibility index (Phi) is 4.66. The van der Waals surface area contributed by atoms with Gasteiger partial charge in [-0.1, -0.05) is 29.8 Å². The van der Waals surface area contributed by atoms with Gasteiger partial charge in [0.25, 0.3) is 0 Å². The number of nitrogens with zero attached hydrogens (tertiary/aromatic N) is 4. The van der Waals surface area contributed by atoms with E-state index in [2.05, 4.69) is 38.4 Å². The van der Waals surface area contributed by atoms with E-state index in [1.54, 1.807) is 23.1 Å². The van der Waals surface area contributed by atoms with E-state index in [9.17, 15) is 0 Å². The average molecular weight is 328 g/mol. The maximum absolute atomic E-state index is 5.40.